The van der Waals surface area contributed by atoms with Crippen LogP contribution in [0.3, 0.4) is 0 Å². The van der Waals surface area contributed by atoms with Crippen LogP contribution in [0.2, 0.25) is 0 Å². The fourth-order valence-corrected chi connectivity index (χ4v) is 1.54. The minimum absolute atomic E-state index is 0.0944. The van der Waals surface area contributed by atoms with E-state index in [1.54, 1.807) is 0 Å². The maximum absolute atomic E-state index is 12.7. The van der Waals surface area contributed by atoms with Crippen molar-refractivity contribution in [1.29, 1.82) is 0 Å². The van der Waals surface area contributed by atoms with Crippen molar-refractivity contribution in [3.63, 3.8) is 0 Å². The van der Waals surface area contributed by atoms with Crippen LogP contribution in [0.15, 0.2) is 35.1 Å². The van der Waals surface area contributed by atoms with E-state index in [4.69, 9.17) is 0 Å². The van der Waals surface area contributed by atoms with Crippen LogP contribution in [0.5, 0.6) is 0 Å². The Morgan fingerprint density at radius 1 is 1.32 bits per heavy atom. The van der Waals surface area contributed by atoms with Gasteiger partial charge in [-0.3, -0.25) is 4.79 Å². The van der Waals surface area contributed by atoms with Gasteiger partial charge in [0.25, 0.3) is 5.91 Å². The molecular formula is C12H9F3N2O2. The summed E-state index contributed by atoms with van der Waals surface area (Å²) < 4.78 is 42.8. The largest absolute Gasteiger partial charge is 0.418 e. The van der Waals surface area contributed by atoms with E-state index < -0.39 is 17.6 Å². The van der Waals surface area contributed by atoms with Crippen LogP contribution in [-0.4, -0.2) is 11.1 Å². The Bertz CT molecular complexity index is 605. The Labute approximate surface area is 106 Å². The molecule has 0 radical (unpaired) electrons. The molecule has 100 valence electrons. The number of nitrogens with zero attached hydrogens (tertiary/aromatic N) is 1. The van der Waals surface area contributed by atoms with Crippen LogP contribution in [-0.2, 0) is 6.18 Å². The monoisotopic (exact) mass is 270 g/mol. The third-order valence-corrected chi connectivity index (χ3v) is 2.48. The average Bonchev–Trinajstić information content (AvgIpc) is 2.75. The van der Waals surface area contributed by atoms with E-state index in [0.29, 0.717) is 5.69 Å². The Kier molecular flexibility index (Phi) is 3.28. The molecule has 2 rings (SSSR count). The molecule has 0 saturated carbocycles. The third-order valence-electron chi connectivity index (χ3n) is 2.48. The van der Waals surface area contributed by atoms with Gasteiger partial charge >= 0.3 is 6.18 Å². The highest BCUT2D eigenvalue weighted by atomic mass is 19.4. The summed E-state index contributed by atoms with van der Waals surface area (Å²) in [5.41, 5.74) is -0.808. The number of alkyl halides is 3. The topological polar surface area (TPSA) is 55.1 Å². The van der Waals surface area contributed by atoms with Crippen molar-refractivity contribution in [3.05, 3.63) is 47.3 Å². The first-order valence-electron chi connectivity index (χ1n) is 5.28. The molecule has 19 heavy (non-hydrogen) atoms. The Morgan fingerprint density at radius 2 is 2.00 bits per heavy atom. The van der Waals surface area contributed by atoms with E-state index >= 15 is 0 Å². The fraction of sp³-hybridized carbons (Fsp3) is 0.167. The lowest BCUT2D eigenvalue weighted by Gasteiger charge is -2.12. The minimum atomic E-state index is -4.53. The van der Waals surface area contributed by atoms with Crippen molar-refractivity contribution in [2.24, 2.45) is 0 Å². The van der Waals surface area contributed by atoms with Crippen molar-refractivity contribution >= 4 is 11.6 Å². The van der Waals surface area contributed by atoms with Gasteiger partial charge in [0.05, 0.1) is 16.9 Å². The quantitative estimate of drug-likeness (QED) is 0.911. The lowest BCUT2D eigenvalue weighted by molar-refractivity contribution is -0.136. The van der Waals surface area contributed by atoms with Crippen LogP contribution < -0.4 is 5.32 Å². The van der Waals surface area contributed by atoms with Gasteiger partial charge in [0, 0.05) is 0 Å². The van der Waals surface area contributed by atoms with Crippen molar-refractivity contribution in [2.45, 2.75) is 13.1 Å². The zero-order valence-electron chi connectivity index (χ0n) is 9.78. The molecule has 0 unspecified atom stereocenters. The highest BCUT2D eigenvalue weighted by Crippen LogP contribution is 2.34. The highest BCUT2D eigenvalue weighted by molar-refractivity contribution is 6.05. The number of anilines is 1. The van der Waals surface area contributed by atoms with Gasteiger partial charge in [0.1, 0.15) is 11.8 Å². The normalized spacial score (nSPS) is 11.4. The molecule has 0 aliphatic heterocycles. The lowest BCUT2D eigenvalue weighted by Crippen LogP contribution is -2.16. The second-order valence-electron chi connectivity index (χ2n) is 3.81. The van der Waals surface area contributed by atoms with Crippen LogP contribution >= 0.6 is 0 Å². The molecule has 1 aromatic heterocycles. The van der Waals surface area contributed by atoms with Crippen LogP contribution in [0, 0.1) is 6.92 Å². The Morgan fingerprint density at radius 3 is 2.58 bits per heavy atom. The van der Waals surface area contributed by atoms with Gasteiger partial charge in [0.2, 0.25) is 0 Å². The van der Waals surface area contributed by atoms with Crippen molar-refractivity contribution in [3.8, 4) is 0 Å². The van der Waals surface area contributed by atoms with Gasteiger partial charge < -0.3 is 9.84 Å². The van der Waals surface area contributed by atoms with Gasteiger partial charge in [-0.2, -0.15) is 13.2 Å². The zero-order chi connectivity index (χ0) is 14.0. The number of aryl methyl sites for hydroxylation is 1. The molecule has 1 heterocycles. The number of carbonyl (C=O) groups is 1. The summed E-state index contributed by atoms with van der Waals surface area (Å²) in [5.74, 6) is -0.699. The van der Waals surface area contributed by atoms with Crippen LogP contribution in [0.4, 0.5) is 18.9 Å². The summed E-state index contributed by atoms with van der Waals surface area (Å²) in [7, 11) is 0. The third kappa shape index (κ3) is 2.75. The summed E-state index contributed by atoms with van der Waals surface area (Å²) >= 11 is 0. The number of rotatable bonds is 2. The van der Waals surface area contributed by atoms with Gasteiger partial charge in [-0.25, -0.2) is 0 Å². The van der Waals surface area contributed by atoms with Gasteiger partial charge in [-0.15, -0.1) is 0 Å². The maximum Gasteiger partial charge on any atom is 0.418 e. The highest BCUT2D eigenvalue weighted by Gasteiger charge is 2.33. The molecule has 0 aliphatic carbocycles. The van der Waals surface area contributed by atoms with Gasteiger partial charge in [-0.1, -0.05) is 17.3 Å². The molecule has 4 nitrogen and oxygen atoms in total. The standard InChI is InChI=1S/C12H9F3N2O2/c1-7-8(6-19-17-7)11(18)16-10-5-3-2-4-9(10)12(13,14)15/h2-6H,1H3,(H,16,18). The van der Waals surface area contributed by atoms with Crippen LogP contribution in [0.25, 0.3) is 0 Å². The van der Waals surface area contributed by atoms with E-state index in [1.807, 2.05) is 0 Å². The maximum atomic E-state index is 12.7. The summed E-state index contributed by atoms with van der Waals surface area (Å²) in [6.07, 6.45) is -3.45. The number of hydrogen-bond donors (Lipinski definition) is 1. The molecule has 1 amide bonds. The summed E-state index contributed by atoms with van der Waals surface area (Å²) in [5, 5.41) is 5.69. The molecule has 1 N–H and O–H groups in total. The van der Waals surface area contributed by atoms with E-state index in [9.17, 15) is 18.0 Å². The zero-order valence-corrected chi connectivity index (χ0v) is 9.78. The molecule has 0 spiro atoms. The predicted molar refractivity (Wildman–Crippen MR) is 60.6 cm³/mol. The first-order chi connectivity index (χ1) is 8.89. The van der Waals surface area contributed by atoms with E-state index in [2.05, 4.69) is 15.0 Å². The molecule has 0 bridgehead atoms. The molecule has 0 saturated heterocycles. The van der Waals surface area contributed by atoms with E-state index in [1.165, 1.54) is 25.1 Å². The number of amides is 1. The van der Waals surface area contributed by atoms with Crippen molar-refractivity contribution < 1.29 is 22.5 Å². The second kappa shape index (κ2) is 4.75. The molecule has 2 aromatic rings. The van der Waals surface area contributed by atoms with Crippen molar-refractivity contribution in [1.82, 2.24) is 5.16 Å². The summed E-state index contributed by atoms with van der Waals surface area (Å²) in [6, 6.07) is 4.74. The number of benzene rings is 1. The van der Waals surface area contributed by atoms with Gasteiger partial charge in [-0.05, 0) is 19.1 Å². The minimum Gasteiger partial charge on any atom is -0.364 e. The van der Waals surface area contributed by atoms with E-state index in [-0.39, 0.29) is 11.3 Å². The first-order valence-corrected chi connectivity index (χ1v) is 5.28. The number of hydrogen-bond acceptors (Lipinski definition) is 3. The van der Waals surface area contributed by atoms with E-state index in [0.717, 1.165) is 12.3 Å². The second-order valence-corrected chi connectivity index (χ2v) is 3.81. The predicted octanol–water partition coefficient (Wildman–Crippen LogP) is 3.25. The molecule has 0 aliphatic rings. The number of aromatic nitrogens is 1. The number of nitrogens with one attached hydrogen (secondary N) is 1. The fourth-order valence-electron chi connectivity index (χ4n) is 1.54. The molecule has 0 atom stereocenters. The van der Waals surface area contributed by atoms with Crippen molar-refractivity contribution in [2.75, 3.05) is 5.32 Å². The number of para-hydroxylation sites is 1. The summed E-state index contributed by atoms with van der Waals surface area (Å²) in [4.78, 5) is 11.8. The average molecular weight is 270 g/mol. The number of carbonyl (C=O) groups excluding carboxylic acids is 1. The lowest BCUT2D eigenvalue weighted by atomic mass is 10.1. The molecular weight excluding hydrogens is 261 g/mol. The van der Waals surface area contributed by atoms with Crippen LogP contribution in [0.1, 0.15) is 21.6 Å². The summed E-state index contributed by atoms with van der Waals surface area (Å²) in [6.45, 7) is 1.52. The smallest absolute Gasteiger partial charge is 0.364 e. The molecule has 1 aromatic carbocycles. The Hall–Kier alpha value is -2.31. The molecule has 0 fully saturated rings. The van der Waals surface area contributed by atoms with Gasteiger partial charge in [0.15, 0.2) is 0 Å². The SMILES string of the molecule is Cc1nocc1C(=O)Nc1ccccc1C(F)(F)F. The molecule has 7 heteroatoms. The Balaban J connectivity index is 2.30. The number of halogens is 3. The first kappa shape index (κ1) is 13.1.